The molecule has 0 saturated carbocycles. The van der Waals surface area contributed by atoms with E-state index in [-0.39, 0.29) is 9.76 Å². The predicted octanol–water partition coefficient (Wildman–Crippen LogP) is 0.633. The fraction of sp³-hybridized carbons (Fsp3) is 1.00. The Morgan fingerprint density at radius 3 is 2.14 bits per heavy atom. The van der Waals surface area contributed by atoms with Crippen molar-refractivity contribution in [3.05, 3.63) is 0 Å². The molecular weight excluding hydrogens is 236 g/mol. The van der Waals surface area contributed by atoms with Crippen LogP contribution < -0.4 is 0 Å². The molecule has 0 aliphatic carbocycles. The first-order valence-corrected chi connectivity index (χ1v) is 9.63. The second kappa shape index (κ2) is 8.89. The summed E-state index contributed by atoms with van der Waals surface area (Å²) < 4.78 is 21.2. The van der Waals surface area contributed by atoms with Crippen molar-refractivity contribution < 1.29 is 17.7 Å². The second-order valence-corrected chi connectivity index (χ2v) is 9.32. The van der Waals surface area contributed by atoms with Crippen LogP contribution in [0.25, 0.3) is 0 Å². The van der Waals surface area contributed by atoms with Crippen LogP contribution in [-0.2, 0) is 17.7 Å². The van der Waals surface area contributed by atoms with Gasteiger partial charge in [0.25, 0.3) is 0 Å². The highest BCUT2D eigenvalue weighted by molar-refractivity contribution is 8.26. The molecule has 0 unspecified atom stereocenters. The minimum atomic E-state index is -2.39. The Kier molecular flexibility index (Phi) is 9.29. The Labute approximate surface area is 93.6 Å². The van der Waals surface area contributed by atoms with Gasteiger partial charge in [0.05, 0.1) is 0 Å². The zero-order chi connectivity index (χ0) is 10.9. The Hall–Kier alpha value is 0.624. The summed E-state index contributed by atoms with van der Waals surface area (Å²) in [5.41, 5.74) is 0. The van der Waals surface area contributed by atoms with E-state index >= 15 is 0 Å². The molecule has 0 aromatic heterocycles. The summed E-state index contributed by atoms with van der Waals surface area (Å²) >= 11 is 1.65. The molecule has 0 fully saturated rings. The third-order valence-electron chi connectivity index (χ3n) is 1.67. The lowest BCUT2D eigenvalue weighted by atomic mass is 10.9. The molecule has 0 aromatic carbocycles. The minimum absolute atomic E-state index is 0.346. The van der Waals surface area contributed by atoms with Crippen molar-refractivity contribution in [3.63, 3.8) is 0 Å². The number of hydrogen-bond donors (Lipinski definition) is 0. The average molecular weight is 256 g/mol. The van der Waals surface area contributed by atoms with Crippen LogP contribution in [-0.4, -0.2) is 51.4 Å². The van der Waals surface area contributed by atoms with Crippen LogP contribution in [0.2, 0.25) is 6.04 Å². The van der Waals surface area contributed by atoms with E-state index < -0.39 is 7.95 Å². The van der Waals surface area contributed by atoms with E-state index in [4.69, 9.17) is 17.7 Å². The monoisotopic (exact) mass is 256 g/mol. The first-order valence-electron chi connectivity index (χ1n) is 4.61. The Balaban J connectivity index is 3.61. The van der Waals surface area contributed by atoms with Gasteiger partial charge in [-0.05, 0) is 18.7 Å². The van der Waals surface area contributed by atoms with E-state index in [1.165, 1.54) is 0 Å². The maximum atomic E-state index is 5.37. The topological polar surface area (TPSA) is 36.9 Å². The summed E-state index contributed by atoms with van der Waals surface area (Å²) in [6.45, 7) is 2.86. The van der Waals surface area contributed by atoms with Crippen molar-refractivity contribution in [1.29, 1.82) is 0 Å². The first kappa shape index (κ1) is 14.6. The van der Waals surface area contributed by atoms with Crippen LogP contribution in [0.1, 0.15) is 6.92 Å². The van der Waals surface area contributed by atoms with Crippen LogP contribution in [0.15, 0.2) is 0 Å². The minimum Gasteiger partial charge on any atom is -0.424 e. The van der Waals surface area contributed by atoms with Gasteiger partial charge in [0.15, 0.2) is 9.76 Å². The third kappa shape index (κ3) is 5.49. The Bertz CT molecular complexity index is 127. The lowest BCUT2D eigenvalue weighted by Crippen LogP contribution is -2.39. The van der Waals surface area contributed by atoms with Gasteiger partial charge < -0.3 is 17.7 Å². The van der Waals surface area contributed by atoms with Crippen LogP contribution >= 0.6 is 11.2 Å². The molecule has 4 nitrogen and oxygen atoms in total. The van der Waals surface area contributed by atoms with Crippen molar-refractivity contribution in [3.8, 4) is 0 Å². The summed E-state index contributed by atoms with van der Waals surface area (Å²) in [5, 5.41) is 0. The van der Waals surface area contributed by atoms with Crippen molar-refractivity contribution in [2.24, 2.45) is 0 Å². The summed E-state index contributed by atoms with van der Waals surface area (Å²) in [4.78, 5) is 0. The van der Waals surface area contributed by atoms with E-state index in [1.807, 2.05) is 6.92 Å². The zero-order valence-electron chi connectivity index (χ0n) is 9.37. The molecule has 0 radical (unpaired) electrons. The highest BCUT2D eigenvalue weighted by atomic mass is 32.4. The average Bonchev–Trinajstić information content (AvgIpc) is 2.24. The SMILES string of the molecule is CCO[SiH2]CCS[Si](OC)(OC)OC. The molecular formula is C7H20O4SSi2. The van der Waals surface area contributed by atoms with Crippen molar-refractivity contribution in [1.82, 2.24) is 0 Å². The molecule has 0 atom stereocenters. The number of rotatable bonds is 9. The van der Waals surface area contributed by atoms with E-state index in [9.17, 15) is 0 Å². The van der Waals surface area contributed by atoms with Crippen molar-refractivity contribution in [2.45, 2.75) is 13.0 Å². The van der Waals surface area contributed by atoms with Gasteiger partial charge in [0, 0.05) is 27.9 Å². The standard InChI is InChI=1S/C7H20O4SSi2/c1-5-11-13-7-6-12-14(8-2,9-3)10-4/h5-7,13H2,1-4H3. The maximum absolute atomic E-state index is 5.37. The Morgan fingerprint density at radius 2 is 1.71 bits per heavy atom. The number of hydrogen-bond acceptors (Lipinski definition) is 5. The van der Waals surface area contributed by atoms with E-state index in [1.54, 1.807) is 32.5 Å². The van der Waals surface area contributed by atoms with Crippen LogP contribution in [0.5, 0.6) is 0 Å². The van der Waals surface area contributed by atoms with E-state index in [0.29, 0.717) is 0 Å². The molecule has 0 bridgehead atoms. The zero-order valence-corrected chi connectivity index (χ0v) is 12.6. The predicted molar refractivity (Wildman–Crippen MR) is 64.2 cm³/mol. The van der Waals surface area contributed by atoms with Crippen LogP contribution in [0, 0.1) is 0 Å². The molecule has 0 amide bonds. The molecule has 0 aliphatic rings. The summed E-state index contributed by atoms with van der Waals surface area (Å²) in [5.74, 6) is 0.994. The molecule has 0 saturated heterocycles. The van der Waals surface area contributed by atoms with Gasteiger partial charge in [-0.3, -0.25) is 0 Å². The molecule has 86 valence electrons. The highest BCUT2D eigenvalue weighted by Gasteiger charge is 2.38. The molecule has 14 heavy (non-hydrogen) atoms. The van der Waals surface area contributed by atoms with E-state index in [0.717, 1.165) is 18.4 Å². The summed E-state index contributed by atoms with van der Waals surface area (Å²) in [6, 6.07) is 1.13. The molecule has 0 heterocycles. The van der Waals surface area contributed by atoms with Crippen molar-refractivity contribution in [2.75, 3.05) is 33.7 Å². The normalized spacial score (nSPS) is 12.9. The Morgan fingerprint density at radius 1 is 1.14 bits per heavy atom. The fourth-order valence-corrected chi connectivity index (χ4v) is 6.68. The molecule has 7 heteroatoms. The first-order chi connectivity index (χ1) is 6.74. The van der Waals surface area contributed by atoms with E-state index in [2.05, 4.69) is 0 Å². The van der Waals surface area contributed by atoms with Gasteiger partial charge in [0.1, 0.15) is 0 Å². The largest absolute Gasteiger partial charge is 0.572 e. The van der Waals surface area contributed by atoms with Gasteiger partial charge in [-0.1, -0.05) is 11.2 Å². The van der Waals surface area contributed by atoms with Gasteiger partial charge in [-0.15, -0.1) is 0 Å². The van der Waals surface area contributed by atoms with Gasteiger partial charge >= 0.3 is 7.95 Å². The molecule has 0 aromatic rings. The fourth-order valence-electron chi connectivity index (χ4n) is 0.929. The lowest BCUT2D eigenvalue weighted by molar-refractivity contribution is 0.152. The second-order valence-electron chi connectivity index (χ2n) is 2.51. The quantitative estimate of drug-likeness (QED) is 0.447. The maximum Gasteiger partial charge on any atom is 0.572 e. The summed E-state index contributed by atoms with van der Waals surface area (Å²) in [7, 11) is 2.15. The van der Waals surface area contributed by atoms with Crippen LogP contribution in [0.3, 0.4) is 0 Å². The molecule has 0 N–H and O–H groups in total. The lowest BCUT2D eigenvalue weighted by Gasteiger charge is -2.22. The highest BCUT2D eigenvalue weighted by Crippen LogP contribution is 2.22. The third-order valence-corrected chi connectivity index (χ3v) is 9.04. The van der Waals surface area contributed by atoms with Gasteiger partial charge in [-0.2, -0.15) is 0 Å². The van der Waals surface area contributed by atoms with Crippen LogP contribution in [0.4, 0.5) is 0 Å². The molecule has 0 aliphatic heterocycles. The summed E-state index contributed by atoms with van der Waals surface area (Å²) in [6.07, 6.45) is 0. The van der Waals surface area contributed by atoms with Gasteiger partial charge in [-0.25, -0.2) is 0 Å². The smallest absolute Gasteiger partial charge is 0.424 e. The van der Waals surface area contributed by atoms with Crippen molar-refractivity contribution >= 4 is 28.9 Å². The van der Waals surface area contributed by atoms with Gasteiger partial charge in [0.2, 0.25) is 0 Å². The molecule has 0 spiro atoms. The molecule has 0 rings (SSSR count).